The lowest BCUT2D eigenvalue weighted by atomic mass is 10.1. The maximum absolute atomic E-state index is 11.4. The van der Waals surface area contributed by atoms with Crippen LogP contribution in [0.3, 0.4) is 0 Å². The van der Waals surface area contributed by atoms with Crippen LogP contribution in [0, 0.1) is 0 Å². The summed E-state index contributed by atoms with van der Waals surface area (Å²) in [6.07, 6.45) is 0.0614. The highest BCUT2D eigenvalue weighted by Gasteiger charge is 2.25. The van der Waals surface area contributed by atoms with E-state index in [4.69, 9.17) is 37.9 Å². The minimum atomic E-state index is -0.444. The molecule has 0 bridgehead atoms. The van der Waals surface area contributed by atoms with E-state index in [9.17, 15) is 9.59 Å². The van der Waals surface area contributed by atoms with Crippen LogP contribution in [0.15, 0.2) is 54.6 Å². The third kappa shape index (κ3) is 10.2. The van der Waals surface area contributed by atoms with Crippen molar-refractivity contribution in [3.8, 4) is 17.2 Å². The van der Waals surface area contributed by atoms with Crippen LogP contribution in [-0.2, 0) is 33.3 Å². The van der Waals surface area contributed by atoms with E-state index in [2.05, 4.69) is 13.2 Å². The maximum Gasteiger partial charge on any atom is 0.333 e. The number of hydrogen-bond acceptors (Lipinski definition) is 10. The highest BCUT2D eigenvalue weighted by molar-refractivity contribution is 5.95. The van der Waals surface area contributed by atoms with Crippen LogP contribution in [0.1, 0.15) is 13.8 Å². The second kappa shape index (κ2) is 15.7. The van der Waals surface area contributed by atoms with Gasteiger partial charge in [-0.3, -0.25) is 0 Å². The van der Waals surface area contributed by atoms with E-state index < -0.39 is 11.9 Å². The summed E-state index contributed by atoms with van der Waals surface area (Å²) in [5.74, 6) is 0.843. The molecule has 0 aliphatic carbocycles. The molecule has 0 saturated carbocycles. The van der Waals surface area contributed by atoms with Crippen LogP contribution in [0.5, 0.6) is 17.2 Å². The molecule has 0 spiro atoms. The fraction of sp³-hybridized carbons (Fsp3) is 0.448. The van der Waals surface area contributed by atoms with E-state index >= 15 is 0 Å². The average Bonchev–Trinajstić information content (AvgIpc) is 3.75. The van der Waals surface area contributed by atoms with Crippen LogP contribution in [-0.4, -0.2) is 84.1 Å². The van der Waals surface area contributed by atoms with Gasteiger partial charge < -0.3 is 37.9 Å². The summed E-state index contributed by atoms with van der Waals surface area (Å²) < 4.78 is 44.5. The smallest absolute Gasteiger partial charge is 0.333 e. The molecule has 1 heterocycles. The van der Waals surface area contributed by atoms with E-state index in [0.29, 0.717) is 54.8 Å². The fourth-order valence-electron chi connectivity index (χ4n) is 3.26. The normalized spacial score (nSPS) is 13.9. The zero-order valence-corrected chi connectivity index (χ0v) is 22.5. The molecule has 1 unspecified atom stereocenters. The van der Waals surface area contributed by atoms with Crippen LogP contribution < -0.4 is 14.2 Å². The summed E-state index contributed by atoms with van der Waals surface area (Å²) in [4.78, 5) is 22.8. The summed E-state index contributed by atoms with van der Waals surface area (Å²) in [5.41, 5.74) is 0.689. The van der Waals surface area contributed by atoms with Crippen molar-refractivity contribution >= 4 is 22.7 Å². The van der Waals surface area contributed by atoms with Gasteiger partial charge in [0.2, 0.25) is 0 Å². The number of carbonyl (C=O) groups is 2. The van der Waals surface area contributed by atoms with Gasteiger partial charge in [-0.25, -0.2) is 9.59 Å². The van der Waals surface area contributed by atoms with Crippen molar-refractivity contribution in [3.63, 3.8) is 0 Å². The van der Waals surface area contributed by atoms with Crippen LogP contribution >= 0.6 is 0 Å². The average molecular weight is 545 g/mol. The minimum absolute atomic E-state index is 0.0614. The lowest BCUT2D eigenvalue weighted by molar-refractivity contribution is -0.141. The van der Waals surface area contributed by atoms with Gasteiger partial charge in [-0.2, -0.15) is 0 Å². The molecule has 39 heavy (non-hydrogen) atoms. The molecule has 1 saturated heterocycles. The van der Waals surface area contributed by atoms with Gasteiger partial charge in [-0.15, -0.1) is 0 Å². The standard InChI is InChI=1S/C29H36O10/c1-20(2)28(30)36-15-11-32-9-13-34-25-17-26(39-19-22-18-38-22)27(24-8-6-5-7-23(24)25)35-14-10-33-12-16-37-29(31)21(3)4/h5-8,17,22H,1,3,9-16,18-19H2,2,4H3. The Morgan fingerprint density at radius 3 is 1.87 bits per heavy atom. The SMILES string of the molecule is C=C(C)C(=O)OCCOCCOc1cc(OCC2CO2)c(OCCOCCOC(=O)C(=C)C)c2ccccc12. The lowest BCUT2D eigenvalue weighted by Crippen LogP contribution is -2.15. The van der Waals surface area contributed by atoms with Crippen molar-refractivity contribution in [1.29, 1.82) is 0 Å². The summed E-state index contributed by atoms with van der Waals surface area (Å²) in [7, 11) is 0. The van der Waals surface area contributed by atoms with Crippen molar-refractivity contribution < 1.29 is 47.5 Å². The quantitative estimate of drug-likeness (QED) is 0.112. The number of ether oxygens (including phenoxy) is 8. The number of benzene rings is 2. The molecule has 0 radical (unpaired) electrons. The van der Waals surface area contributed by atoms with Crippen molar-refractivity contribution in [2.45, 2.75) is 20.0 Å². The molecule has 10 nitrogen and oxygen atoms in total. The summed E-state index contributed by atoms with van der Waals surface area (Å²) >= 11 is 0. The fourth-order valence-corrected chi connectivity index (χ4v) is 3.26. The van der Waals surface area contributed by atoms with Gasteiger partial charge in [0.05, 0.1) is 33.0 Å². The number of carbonyl (C=O) groups excluding carboxylic acids is 2. The predicted octanol–water partition coefficient (Wildman–Crippen LogP) is 3.65. The summed E-state index contributed by atoms with van der Waals surface area (Å²) in [5, 5.41) is 1.68. The second-order valence-electron chi connectivity index (χ2n) is 8.77. The van der Waals surface area contributed by atoms with Gasteiger partial charge in [0, 0.05) is 28.0 Å². The van der Waals surface area contributed by atoms with Crippen LogP contribution in [0.25, 0.3) is 10.8 Å². The van der Waals surface area contributed by atoms with Crippen LogP contribution in [0.2, 0.25) is 0 Å². The maximum atomic E-state index is 11.4. The lowest BCUT2D eigenvalue weighted by Gasteiger charge is -2.18. The van der Waals surface area contributed by atoms with Gasteiger partial charge in [-0.1, -0.05) is 37.4 Å². The largest absolute Gasteiger partial charge is 0.490 e. The molecular formula is C29H36O10. The van der Waals surface area contributed by atoms with Gasteiger partial charge in [0.25, 0.3) is 0 Å². The van der Waals surface area contributed by atoms with Gasteiger partial charge in [-0.05, 0) is 13.8 Å². The highest BCUT2D eigenvalue weighted by atomic mass is 16.6. The first kappa shape index (κ1) is 29.9. The Kier molecular flexibility index (Phi) is 12.1. The van der Waals surface area contributed by atoms with E-state index in [-0.39, 0.29) is 45.7 Å². The molecule has 0 N–H and O–H groups in total. The molecule has 2 aromatic carbocycles. The van der Waals surface area contributed by atoms with Gasteiger partial charge in [0.15, 0.2) is 11.5 Å². The zero-order valence-electron chi connectivity index (χ0n) is 22.5. The first-order chi connectivity index (χ1) is 18.9. The van der Waals surface area contributed by atoms with E-state index in [0.717, 1.165) is 10.8 Å². The van der Waals surface area contributed by atoms with E-state index in [1.807, 2.05) is 24.3 Å². The number of hydrogen-bond donors (Lipinski definition) is 0. The third-order valence-corrected chi connectivity index (χ3v) is 5.33. The molecule has 1 aliphatic heterocycles. The zero-order chi connectivity index (χ0) is 28.0. The monoisotopic (exact) mass is 544 g/mol. The third-order valence-electron chi connectivity index (χ3n) is 5.33. The molecule has 212 valence electrons. The molecule has 1 atom stereocenters. The van der Waals surface area contributed by atoms with Crippen molar-refractivity contribution in [2.75, 3.05) is 66.1 Å². The minimum Gasteiger partial charge on any atom is -0.490 e. The molecular weight excluding hydrogens is 508 g/mol. The highest BCUT2D eigenvalue weighted by Crippen LogP contribution is 2.42. The van der Waals surface area contributed by atoms with Crippen LogP contribution in [0.4, 0.5) is 0 Å². The Bertz CT molecular complexity index is 1140. The van der Waals surface area contributed by atoms with Crippen molar-refractivity contribution in [3.05, 3.63) is 54.6 Å². The topological polar surface area (TPSA) is 111 Å². The van der Waals surface area contributed by atoms with Crippen molar-refractivity contribution in [2.24, 2.45) is 0 Å². The van der Waals surface area contributed by atoms with Gasteiger partial charge in [0.1, 0.15) is 44.9 Å². The number of epoxide rings is 1. The molecule has 3 rings (SSSR count). The number of fused-ring (bicyclic) bond motifs is 1. The molecule has 2 aromatic rings. The van der Waals surface area contributed by atoms with E-state index in [1.54, 1.807) is 19.9 Å². The second-order valence-corrected chi connectivity index (χ2v) is 8.77. The number of esters is 2. The summed E-state index contributed by atoms with van der Waals surface area (Å²) in [6.45, 7) is 13.2. The predicted molar refractivity (Wildman–Crippen MR) is 143 cm³/mol. The number of rotatable bonds is 19. The van der Waals surface area contributed by atoms with Crippen molar-refractivity contribution in [1.82, 2.24) is 0 Å². The first-order valence-electron chi connectivity index (χ1n) is 12.7. The molecule has 1 fully saturated rings. The van der Waals surface area contributed by atoms with Gasteiger partial charge >= 0.3 is 11.9 Å². The molecule has 10 heteroatoms. The van der Waals surface area contributed by atoms with E-state index in [1.165, 1.54) is 0 Å². The first-order valence-corrected chi connectivity index (χ1v) is 12.7. The Balaban J connectivity index is 1.56. The Labute approximate surface area is 228 Å². The molecule has 0 amide bonds. The Morgan fingerprint density at radius 1 is 0.769 bits per heavy atom. The Hall–Kier alpha value is -3.60. The molecule has 0 aromatic heterocycles. The molecule has 1 aliphatic rings. The Morgan fingerprint density at radius 2 is 1.31 bits per heavy atom. The summed E-state index contributed by atoms with van der Waals surface area (Å²) in [6, 6.07) is 9.50.